The van der Waals surface area contributed by atoms with Crippen molar-refractivity contribution < 1.29 is 18.8 Å². The second-order valence-electron chi connectivity index (χ2n) is 5.37. The Balaban J connectivity index is 1.98. The second kappa shape index (κ2) is 4.96. The van der Waals surface area contributed by atoms with E-state index in [1.807, 2.05) is 0 Å². The van der Waals surface area contributed by atoms with E-state index in [9.17, 15) is 9.32 Å². The average molecular weight is 298 g/mol. The predicted octanol–water partition coefficient (Wildman–Crippen LogP) is 0.755. The highest BCUT2D eigenvalue weighted by Crippen LogP contribution is 2.47. The van der Waals surface area contributed by atoms with Crippen LogP contribution in [0.2, 0.25) is 0 Å². The van der Waals surface area contributed by atoms with Gasteiger partial charge < -0.3 is 14.6 Å². The first kappa shape index (κ1) is 13.8. The largest absolute Gasteiger partial charge is 0.481 e. The van der Waals surface area contributed by atoms with Crippen LogP contribution >= 0.6 is 0 Å². The lowest BCUT2D eigenvalue weighted by Crippen LogP contribution is -2.40. The number of aliphatic hydroxyl groups is 1. The van der Waals surface area contributed by atoms with Crippen molar-refractivity contribution in [1.29, 1.82) is 0 Å². The van der Waals surface area contributed by atoms with Gasteiger partial charge in [-0.25, -0.2) is 4.98 Å². The third-order valence-electron chi connectivity index (χ3n) is 4.21. The number of hydrogen-bond acceptors (Lipinski definition) is 6. The number of aromatic nitrogens is 2. The SMILES string of the molecule is COc1ncc(C2(O)CC3CCC(C2)S3=O)c(OC)n1. The summed E-state index contributed by atoms with van der Waals surface area (Å²) < 4.78 is 22.3. The van der Waals surface area contributed by atoms with Gasteiger partial charge in [-0.1, -0.05) is 0 Å². The van der Waals surface area contributed by atoms with E-state index in [1.54, 1.807) is 6.20 Å². The molecular formula is C13H18N2O4S. The minimum atomic E-state index is -1.06. The van der Waals surface area contributed by atoms with Crippen LogP contribution in [0.3, 0.4) is 0 Å². The Kier molecular flexibility index (Phi) is 3.41. The van der Waals surface area contributed by atoms with Crippen LogP contribution in [0.15, 0.2) is 6.20 Å². The lowest BCUT2D eigenvalue weighted by atomic mass is 9.87. The lowest BCUT2D eigenvalue weighted by molar-refractivity contribution is 0.0151. The zero-order valence-corrected chi connectivity index (χ0v) is 12.4. The Hall–Kier alpha value is -1.21. The van der Waals surface area contributed by atoms with E-state index in [4.69, 9.17) is 9.47 Å². The summed E-state index contributed by atoms with van der Waals surface area (Å²) in [5.41, 5.74) is -0.494. The Labute approximate surface area is 120 Å². The molecule has 2 aliphatic rings. The molecule has 0 radical (unpaired) electrons. The van der Waals surface area contributed by atoms with Gasteiger partial charge in [-0.15, -0.1) is 0 Å². The Morgan fingerprint density at radius 2 is 1.95 bits per heavy atom. The second-order valence-corrected chi connectivity index (χ2v) is 7.36. The van der Waals surface area contributed by atoms with Crippen molar-refractivity contribution >= 4 is 10.8 Å². The maximum absolute atomic E-state index is 12.1. The molecular weight excluding hydrogens is 280 g/mol. The quantitative estimate of drug-likeness (QED) is 0.887. The van der Waals surface area contributed by atoms with E-state index >= 15 is 0 Å². The molecule has 0 amide bonds. The molecule has 0 saturated carbocycles. The molecule has 2 bridgehead atoms. The topological polar surface area (TPSA) is 81.5 Å². The summed E-state index contributed by atoms with van der Waals surface area (Å²) in [7, 11) is 2.16. The molecule has 20 heavy (non-hydrogen) atoms. The molecule has 3 heterocycles. The average Bonchev–Trinajstić information content (AvgIpc) is 2.69. The van der Waals surface area contributed by atoms with Gasteiger partial charge in [0.15, 0.2) is 0 Å². The van der Waals surface area contributed by atoms with E-state index in [0.717, 1.165) is 12.8 Å². The zero-order valence-electron chi connectivity index (χ0n) is 11.5. The van der Waals surface area contributed by atoms with Crippen LogP contribution in [0.4, 0.5) is 0 Å². The maximum atomic E-state index is 12.1. The van der Waals surface area contributed by atoms with Gasteiger partial charge in [0.2, 0.25) is 5.88 Å². The molecule has 0 aromatic carbocycles. The van der Waals surface area contributed by atoms with Crippen LogP contribution in [0.5, 0.6) is 11.9 Å². The number of methoxy groups -OCH3 is 2. The first-order chi connectivity index (χ1) is 9.57. The van der Waals surface area contributed by atoms with Gasteiger partial charge >= 0.3 is 6.01 Å². The van der Waals surface area contributed by atoms with Crippen LogP contribution in [0.1, 0.15) is 31.2 Å². The van der Waals surface area contributed by atoms with Crippen LogP contribution in [-0.2, 0) is 16.4 Å². The fourth-order valence-electron chi connectivity index (χ4n) is 3.23. The standard InChI is InChI=1S/C13H18N2O4S/c1-18-11-10(7-14-12(15-11)19-2)13(16)5-8-3-4-9(6-13)20(8)17/h7-9,16H,3-6H2,1-2H3. The number of fused-ring (bicyclic) bond motifs is 2. The molecule has 1 aromatic heterocycles. The van der Waals surface area contributed by atoms with Crippen molar-refractivity contribution in [1.82, 2.24) is 9.97 Å². The van der Waals surface area contributed by atoms with Crippen LogP contribution in [0.25, 0.3) is 0 Å². The summed E-state index contributed by atoms with van der Waals surface area (Å²) >= 11 is 0. The number of rotatable bonds is 3. The maximum Gasteiger partial charge on any atom is 0.319 e. The van der Waals surface area contributed by atoms with E-state index in [-0.39, 0.29) is 16.5 Å². The van der Waals surface area contributed by atoms with Crippen molar-refractivity contribution in [3.05, 3.63) is 11.8 Å². The molecule has 2 saturated heterocycles. The van der Waals surface area contributed by atoms with E-state index in [1.165, 1.54) is 14.2 Å². The van der Waals surface area contributed by atoms with Crippen molar-refractivity contribution in [2.75, 3.05) is 14.2 Å². The molecule has 2 aliphatic heterocycles. The molecule has 3 rings (SSSR count). The predicted molar refractivity (Wildman–Crippen MR) is 73.2 cm³/mol. The number of ether oxygens (including phenoxy) is 2. The lowest BCUT2D eigenvalue weighted by Gasteiger charge is -2.36. The van der Waals surface area contributed by atoms with E-state index in [2.05, 4.69) is 9.97 Å². The summed E-state index contributed by atoms with van der Waals surface area (Å²) in [6.07, 6.45) is 4.33. The molecule has 2 unspecified atom stereocenters. The summed E-state index contributed by atoms with van der Waals surface area (Å²) in [6.45, 7) is 0. The van der Waals surface area contributed by atoms with Crippen molar-refractivity contribution in [3.63, 3.8) is 0 Å². The van der Waals surface area contributed by atoms with E-state index < -0.39 is 16.4 Å². The monoisotopic (exact) mass is 298 g/mol. The molecule has 7 heteroatoms. The van der Waals surface area contributed by atoms with Crippen molar-refractivity contribution in [2.24, 2.45) is 0 Å². The molecule has 0 spiro atoms. The molecule has 2 fully saturated rings. The molecule has 0 aliphatic carbocycles. The van der Waals surface area contributed by atoms with E-state index in [0.29, 0.717) is 24.3 Å². The number of nitrogens with zero attached hydrogens (tertiary/aromatic N) is 2. The highest BCUT2D eigenvalue weighted by atomic mass is 32.2. The van der Waals surface area contributed by atoms with Gasteiger partial charge in [0.05, 0.1) is 25.4 Å². The van der Waals surface area contributed by atoms with Gasteiger partial charge in [-0.3, -0.25) is 4.21 Å². The number of hydrogen-bond donors (Lipinski definition) is 1. The van der Waals surface area contributed by atoms with Gasteiger partial charge in [-0.2, -0.15) is 4.98 Å². The zero-order chi connectivity index (χ0) is 14.3. The smallest absolute Gasteiger partial charge is 0.319 e. The molecule has 1 aromatic rings. The normalized spacial score (nSPS) is 35.9. The van der Waals surface area contributed by atoms with Gasteiger partial charge in [-0.05, 0) is 25.7 Å². The van der Waals surface area contributed by atoms with Crippen LogP contribution in [-0.4, -0.2) is 44.0 Å². The van der Waals surface area contributed by atoms with Crippen molar-refractivity contribution in [3.8, 4) is 11.9 Å². The van der Waals surface area contributed by atoms with Gasteiger partial charge in [0.1, 0.15) is 0 Å². The minimum Gasteiger partial charge on any atom is -0.481 e. The molecule has 2 atom stereocenters. The minimum absolute atomic E-state index is 0.0607. The highest BCUT2D eigenvalue weighted by Gasteiger charge is 2.49. The Bertz CT molecular complexity index is 535. The summed E-state index contributed by atoms with van der Waals surface area (Å²) in [5, 5.41) is 11.1. The molecule has 6 nitrogen and oxygen atoms in total. The summed E-state index contributed by atoms with van der Waals surface area (Å²) in [4.78, 5) is 8.19. The highest BCUT2D eigenvalue weighted by molar-refractivity contribution is 7.86. The first-order valence-electron chi connectivity index (χ1n) is 6.64. The van der Waals surface area contributed by atoms with Crippen LogP contribution in [0, 0.1) is 0 Å². The van der Waals surface area contributed by atoms with Gasteiger partial charge in [0, 0.05) is 27.5 Å². The molecule has 110 valence electrons. The van der Waals surface area contributed by atoms with Gasteiger partial charge in [0.25, 0.3) is 0 Å². The Morgan fingerprint density at radius 3 is 2.50 bits per heavy atom. The molecule has 1 N–H and O–H groups in total. The third-order valence-corrected chi connectivity index (χ3v) is 6.33. The fraction of sp³-hybridized carbons (Fsp3) is 0.692. The van der Waals surface area contributed by atoms with Crippen LogP contribution < -0.4 is 9.47 Å². The summed E-state index contributed by atoms with van der Waals surface area (Å²) in [5.74, 6) is 0.325. The third kappa shape index (κ3) is 2.09. The summed E-state index contributed by atoms with van der Waals surface area (Å²) in [6, 6.07) is 0.205. The first-order valence-corrected chi connectivity index (χ1v) is 7.92. The fourth-order valence-corrected chi connectivity index (χ4v) is 5.39. The Morgan fingerprint density at radius 1 is 1.30 bits per heavy atom. The van der Waals surface area contributed by atoms with Crippen molar-refractivity contribution in [2.45, 2.75) is 41.8 Å².